The monoisotopic (exact) mass is 664 g/mol. The van der Waals surface area contributed by atoms with Crippen molar-refractivity contribution in [3.8, 4) is 17.2 Å². The van der Waals surface area contributed by atoms with Crippen molar-refractivity contribution in [3.63, 3.8) is 0 Å². The van der Waals surface area contributed by atoms with Gasteiger partial charge in [0.25, 0.3) is 11.8 Å². The molecule has 0 aliphatic rings. The van der Waals surface area contributed by atoms with Crippen LogP contribution >= 0.6 is 0 Å². The molecule has 0 aliphatic carbocycles. The second-order valence-corrected chi connectivity index (χ2v) is 12.9. The Morgan fingerprint density at radius 1 is 0.531 bits per heavy atom. The number of hydrazine groups is 1. The van der Waals surface area contributed by atoms with Crippen LogP contribution in [0.15, 0.2) is 66.7 Å². The van der Waals surface area contributed by atoms with Crippen LogP contribution in [0.5, 0.6) is 17.2 Å². The van der Waals surface area contributed by atoms with Gasteiger partial charge in [0, 0.05) is 11.1 Å². The lowest BCUT2D eigenvalue weighted by atomic mass is 9.92. The molecule has 0 bridgehead atoms. The largest absolute Gasteiger partial charge is 0.490 e. The second kappa shape index (κ2) is 18.3. The molecule has 0 atom stereocenters. The first-order chi connectivity index (χ1) is 24.0. The molecule has 0 aromatic heterocycles. The Balaban J connectivity index is 1.37. The zero-order valence-electron chi connectivity index (χ0n) is 29.5. The van der Waals surface area contributed by atoms with Gasteiger partial charge >= 0.3 is 0 Å². The van der Waals surface area contributed by atoms with Crippen LogP contribution in [0.2, 0.25) is 0 Å². The van der Waals surface area contributed by atoms with E-state index >= 15 is 0 Å². The minimum Gasteiger partial charge on any atom is -0.490 e. The van der Waals surface area contributed by atoms with Crippen molar-refractivity contribution >= 4 is 44.1 Å². The molecule has 0 aliphatic heterocycles. The topological polar surface area (TPSA) is 85.9 Å². The maximum atomic E-state index is 13.6. The molecule has 7 nitrogen and oxygen atoms in total. The summed E-state index contributed by atoms with van der Waals surface area (Å²) in [6.45, 7) is 8.12. The van der Waals surface area contributed by atoms with E-state index in [0.717, 1.165) is 109 Å². The molecule has 0 fully saturated rings. The molecule has 2 amide bonds. The molecule has 0 saturated carbocycles. The molecule has 0 radical (unpaired) electrons. The molecule has 7 heteroatoms. The molecule has 5 rings (SSSR count). The molecule has 5 aromatic carbocycles. The lowest BCUT2D eigenvalue weighted by Crippen LogP contribution is -2.41. The Hall–Kier alpha value is -4.52. The summed E-state index contributed by atoms with van der Waals surface area (Å²) in [7, 11) is 0. The van der Waals surface area contributed by atoms with Crippen molar-refractivity contribution in [3.05, 3.63) is 77.9 Å². The molecule has 0 heterocycles. The summed E-state index contributed by atoms with van der Waals surface area (Å²) in [5.41, 5.74) is 6.11. The molecular weight excluding hydrogens is 612 g/mol. The minimum atomic E-state index is -0.466. The first-order valence-corrected chi connectivity index (χ1v) is 18.4. The van der Waals surface area contributed by atoms with Crippen molar-refractivity contribution in [2.24, 2.45) is 0 Å². The van der Waals surface area contributed by atoms with Gasteiger partial charge in [-0.2, -0.15) is 0 Å². The summed E-state index contributed by atoms with van der Waals surface area (Å²) >= 11 is 0. The summed E-state index contributed by atoms with van der Waals surface area (Å²) in [6, 6.07) is 21.6. The van der Waals surface area contributed by atoms with Crippen molar-refractivity contribution in [2.45, 2.75) is 97.8 Å². The van der Waals surface area contributed by atoms with Gasteiger partial charge in [-0.05, 0) is 69.8 Å². The molecule has 2 N–H and O–H groups in total. The van der Waals surface area contributed by atoms with Gasteiger partial charge in [-0.3, -0.25) is 20.4 Å². The fraction of sp³-hybridized carbons (Fsp3) is 0.429. The SMILES string of the molecule is CCCCCCOc1cc(C(=O)NNC(=O)c2ccc3ccc4cccc5ccc2c3c45)cc(OCCCCCC)c1OCCCCCC. The van der Waals surface area contributed by atoms with Gasteiger partial charge in [0.05, 0.1) is 19.8 Å². The van der Waals surface area contributed by atoms with Crippen LogP contribution in [0.25, 0.3) is 32.3 Å². The summed E-state index contributed by atoms with van der Waals surface area (Å²) < 4.78 is 18.8. The Kier molecular flexibility index (Phi) is 13.4. The first-order valence-electron chi connectivity index (χ1n) is 18.4. The predicted octanol–water partition coefficient (Wildman–Crippen LogP) is 10.5. The molecular formula is C42H52N2O5. The van der Waals surface area contributed by atoms with Crippen LogP contribution in [-0.2, 0) is 0 Å². The zero-order valence-corrected chi connectivity index (χ0v) is 29.5. The van der Waals surface area contributed by atoms with Crippen LogP contribution in [0.4, 0.5) is 0 Å². The van der Waals surface area contributed by atoms with Crippen LogP contribution in [0.3, 0.4) is 0 Å². The Morgan fingerprint density at radius 3 is 1.59 bits per heavy atom. The van der Waals surface area contributed by atoms with Gasteiger partial charge < -0.3 is 14.2 Å². The van der Waals surface area contributed by atoms with Gasteiger partial charge in [0.15, 0.2) is 11.5 Å². The van der Waals surface area contributed by atoms with E-state index in [-0.39, 0.29) is 0 Å². The number of carbonyl (C=O) groups excluding carboxylic acids is 2. The highest BCUT2D eigenvalue weighted by Gasteiger charge is 2.21. The van der Waals surface area contributed by atoms with E-state index in [1.54, 1.807) is 12.1 Å². The Morgan fingerprint density at radius 2 is 1.02 bits per heavy atom. The molecule has 260 valence electrons. The van der Waals surface area contributed by atoms with Crippen molar-refractivity contribution < 1.29 is 23.8 Å². The first kappa shape index (κ1) is 35.8. The third-order valence-electron chi connectivity index (χ3n) is 9.10. The highest BCUT2D eigenvalue weighted by atomic mass is 16.5. The van der Waals surface area contributed by atoms with Crippen molar-refractivity contribution in [2.75, 3.05) is 19.8 Å². The van der Waals surface area contributed by atoms with Crippen LogP contribution in [0, 0.1) is 0 Å². The fourth-order valence-corrected chi connectivity index (χ4v) is 6.38. The van der Waals surface area contributed by atoms with E-state index < -0.39 is 11.8 Å². The molecule has 0 saturated heterocycles. The quantitative estimate of drug-likeness (QED) is 0.0491. The number of hydrogen-bond acceptors (Lipinski definition) is 5. The van der Waals surface area contributed by atoms with Gasteiger partial charge in [-0.1, -0.05) is 127 Å². The van der Waals surface area contributed by atoms with Crippen molar-refractivity contribution in [1.82, 2.24) is 10.9 Å². The number of nitrogens with one attached hydrogen (secondary N) is 2. The van der Waals surface area contributed by atoms with E-state index in [0.29, 0.717) is 48.2 Å². The molecule has 5 aromatic rings. The normalized spacial score (nSPS) is 11.3. The molecule has 49 heavy (non-hydrogen) atoms. The highest BCUT2D eigenvalue weighted by Crippen LogP contribution is 2.40. The number of ether oxygens (including phenoxy) is 3. The van der Waals surface area contributed by atoms with E-state index in [9.17, 15) is 9.59 Å². The summed E-state index contributed by atoms with van der Waals surface area (Å²) in [6.07, 6.45) is 12.8. The average Bonchev–Trinajstić information content (AvgIpc) is 3.12. The zero-order chi connectivity index (χ0) is 34.4. The van der Waals surface area contributed by atoms with Gasteiger partial charge in [-0.15, -0.1) is 0 Å². The number of rotatable bonds is 20. The van der Waals surface area contributed by atoms with Gasteiger partial charge in [0.1, 0.15) is 0 Å². The third-order valence-corrected chi connectivity index (χ3v) is 9.10. The Bertz CT molecular complexity index is 1770. The van der Waals surface area contributed by atoms with E-state index in [1.165, 1.54) is 0 Å². The van der Waals surface area contributed by atoms with E-state index in [2.05, 4.69) is 55.9 Å². The minimum absolute atomic E-state index is 0.320. The lowest BCUT2D eigenvalue weighted by molar-refractivity contribution is 0.0847. The number of unbranched alkanes of at least 4 members (excludes halogenated alkanes) is 9. The Labute approximate surface area is 291 Å². The number of amides is 2. The van der Waals surface area contributed by atoms with Crippen molar-refractivity contribution in [1.29, 1.82) is 0 Å². The second-order valence-electron chi connectivity index (χ2n) is 12.9. The lowest BCUT2D eigenvalue weighted by Gasteiger charge is -2.19. The summed E-state index contributed by atoms with van der Waals surface area (Å²) in [5, 5.41) is 6.33. The van der Waals surface area contributed by atoms with Crippen LogP contribution in [0.1, 0.15) is 119 Å². The smallest absolute Gasteiger partial charge is 0.270 e. The summed E-state index contributed by atoms with van der Waals surface area (Å²) in [4.78, 5) is 27.2. The maximum absolute atomic E-state index is 13.6. The molecule has 0 spiro atoms. The third kappa shape index (κ3) is 9.14. The summed E-state index contributed by atoms with van der Waals surface area (Å²) in [5.74, 6) is 0.657. The standard InChI is InChI=1S/C42H52N2O5/c1-4-7-10-13-25-47-36-28-33(29-37(48-26-14-11-8-5-2)40(36)49-27-15-12-9-6-3)41(45)43-44-42(46)35-24-22-32-20-19-30-17-16-18-31-21-23-34(35)39(32)38(30)31/h16-24,28-29H,4-15,25-27H2,1-3H3,(H,43,45)(H,44,46). The average molecular weight is 665 g/mol. The van der Waals surface area contributed by atoms with E-state index in [1.807, 2.05) is 30.3 Å². The van der Waals surface area contributed by atoms with E-state index in [4.69, 9.17) is 14.2 Å². The van der Waals surface area contributed by atoms with Gasteiger partial charge in [0.2, 0.25) is 5.75 Å². The number of benzene rings is 5. The van der Waals surface area contributed by atoms with Crippen LogP contribution in [-0.4, -0.2) is 31.6 Å². The number of carbonyl (C=O) groups is 2. The predicted molar refractivity (Wildman–Crippen MR) is 200 cm³/mol. The number of hydrogen-bond donors (Lipinski definition) is 2. The maximum Gasteiger partial charge on any atom is 0.270 e. The van der Waals surface area contributed by atoms with Crippen LogP contribution < -0.4 is 25.1 Å². The highest BCUT2D eigenvalue weighted by molar-refractivity contribution is 6.26. The fourth-order valence-electron chi connectivity index (χ4n) is 6.38. The van der Waals surface area contributed by atoms with Gasteiger partial charge in [-0.25, -0.2) is 0 Å². The molecule has 0 unspecified atom stereocenters.